The van der Waals surface area contributed by atoms with Gasteiger partial charge in [0.05, 0.1) is 18.9 Å². The molecular formula is C15H17N3O. The number of benzene rings is 1. The van der Waals surface area contributed by atoms with Gasteiger partial charge in [0.25, 0.3) is 0 Å². The average molecular weight is 255 g/mol. The first-order valence-electron chi connectivity index (χ1n) is 6.50. The van der Waals surface area contributed by atoms with E-state index in [1.165, 1.54) is 11.1 Å². The minimum atomic E-state index is 0.534. The minimum absolute atomic E-state index is 0.534. The molecule has 1 aliphatic rings. The van der Waals surface area contributed by atoms with E-state index in [1.54, 1.807) is 0 Å². The fourth-order valence-electron chi connectivity index (χ4n) is 2.28. The third kappa shape index (κ3) is 2.58. The molecule has 1 aromatic carbocycles. The molecule has 0 radical (unpaired) electrons. The van der Waals surface area contributed by atoms with Gasteiger partial charge in [-0.1, -0.05) is 29.8 Å². The van der Waals surface area contributed by atoms with Crippen molar-refractivity contribution in [2.75, 3.05) is 12.3 Å². The van der Waals surface area contributed by atoms with Crippen LogP contribution in [-0.2, 0) is 24.2 Å². The summed E-state index contributed by atoms with van der Waals surface area (Å²) in [7, 11) is 0. The zero-order valence-electron chi connectivity index (χ0n) is 11.0. The molecule has 98 valence electrons. The van der Waals surface area contributed by atoms with Crippen molar-refractivity contribution in [3.05, 3.63) is 52.5 Å². The van der Waals surface area contributed by atoms with E-state index in [9.17, 15) is 0 Å². The number of hydrogen-bond acceptors (Lipinski definition) is 4. The minimum Gasteiger partial charge on any atom is -0.383 e. The van der Waals surface area contributed by atoms with Crippen molar-refractivity contribution in [1.29, 1.82) is 0 Å². The van der Waals surface area contributed by atoms with Crippen molar-refractivity contribution in [1.82, 2.24) is 9.97 Å². The average Bonchev–Trinajstić information content (AvgIpc) is 2.42. The van der Waals surface area contributed by atoms with Gasteiger partial charge in [-0.05, 0) is 12.5 Å². The van der Waals surface area contributed by atoms with Crippen LogP contribution in [0.1, 0.15) is 28.2 Å². The van der Waals surface area contributed by atoms with Crippen LogP contribution in [0.15, 0.2) is 24.3 Å². The molecule has 1 aliphatic heterocycles. The number of ether oxygens (including phenoxy) is 1. The van der Waals surface area contributed by atoms with Crippen LogP contribution in [0.4, 0.5) is 5.82 Å². The molecule has 0 amide bonds. The third-order valence-electron chi connectivity index (χ3n) is 3.38. The normalized spacial score (nSPS) is 14.2. The lowest BCUT2D eigenvalue weighted by Crippen LogP contribution is -2.17. The van der Waals surface area contributed by atoms with E-state index < -0.39 is 0 Å². The highest BCUT2D eigenvalue weighted by molar-refractivity contribution is 5.43. The second kappa shape index (κ2) is 4.97. The van der Waals surface area contributed by atoms with Crippen molar-refractivity contribution in [2.24, 2.45) is 0 Å². The molecule has 4 heteroatoms. The van der Waals surface area contributed by atoms with Gasteiger partial charge in [-0.2, -0.15) is 0 Å². The Labute approximate surface area is 112 Å². The highest BCUT2D eigenvalue weighted by Gasteiger charge is 2.16. The van der Waals surface area contributed by atoms with E-state index in [2.05, 4.69) is 41.2 Å². The van der Waals surface area contributed by atoms with E-state index in [-0.39, 0.29) is 0 Å². The summed E-state index contributed by atoms with van der Waals surface area (Å²) >= 11 is 0. The first-order chi connectivity index (χ1) is 9.22. The predicted octanol–water partition coefficient (Wildman–Crippen LogP) is 2.03. The fraction of sp³-hybridized carbons (Fsp3) is 0.333. The van der Waals surface area contributed by atoms with Crippen molar-refractivity contribution in [3.63, 3.8) is 0 Å². The summed E-state index contributed by atoms with van der Waals surface area (Å²) in [6, 6.07) is 8.42. The van der Waals surface area contributed by atoms with Gasteiger partial charge >= 0.3 is 0 Å². The maximum Gasteiger partial charge on any atom is 0.135 e. The Hall–Kier alpha value is -1.94. The third-order valence-corrected chi connectivity index (χ3v) is 3.38. The van der Waals surface area contributed by atoms with Gasteiger partial charge in [-0.25, -0.2) is 9.97 Å². The van der Waals surface area contributed by atoms with Gasteiger partial charge in [-0.15, -0.1) is 0 Å². The Bertz CT molecular complexity index is 593. The maximum absolute atomic E-state index is 5.99. The Morgan fingerprint density at radius 3 is 2.79 bits per heavy atom. The summed E-state index contributed by atoms with van der Waals surface area (Å²) in [6.45, 7) is 3.33. The van der Waals surface area contributed by atoms with Crippen LogP contribution in [-0.4, -0.2) is 16.6 Å². The van der Waals surface area contributed by atoms with Crippen LogP contribution >= 0.6 is 0 Å². The molecule has 0 bridgehead atoms. The molecule has 0 fully saturated rings. The zero-order valence-corrected chi connectivity index (χ0v) is 11.0. The zero-order chi connectivity index (χ0) is 13.2. The van der Waals surface area contributed by atoms with Crippen LogP contribution in [0.2, 0.25) is 0 Å². The molecule has 3 rings (SSSR count). The monoisotopic (exact) mass is 255 g/mol. The van der Waals surface area contributed by atoms with Gasteiger partial charge in [0.1, 0.15) is 11.6 Å². The number of rotatable bonds is 2. The first kappa shape index (κ1) is 12.1. The molecule has 0 unspecified atom stereocenters. The van der Waals surface area contributed by atoms with Gasteiger partial charge in [0.15, 0.2) is 0 Å². The van der Waals surface area contributed by atoms with E-state index in [1.807, 2.05) is 0 Å². The molecule has 2 N–H and O–H groups in total. The van der Waals surface area contributed by atoms with Crippen LogP contribution < -0.4 is 5.73 Å². The van der Waals surface area contributed by atoms with Crippen molar-refractivity contribution in [3.8, 4) is 0 Å². The number of nitrogens with two attached hydrogens (primary N) is 1. The topological polar surface area (TPSA) is 61.0 Å². The lowest BCUT2D eigenvalue weighted by Gasteiger charge is -2.17. The fourth-order valence-corrected chi connectivity index (χ4v) is 2.28. The van der Waals surface area contributed by atoms with Crippen LogP contribution in [0.3, 0.4) is 0 Å². The number of nitrogens with zero attached hydrogens (tertiary/aromatic N) is 2. The van der Waals surface area contributed by atoms with Gasteiger partial charge in [0, 0.05) is 18.4 Å². The van der Waals surface area contributed by atoms with Crippen LogP contribution in [0, 0.1) is 6.92 Å². The van der Waals surface area contributed by atoms with Gasteiger partial charge in [0.2, 0.25) is 0 Å². The molecule has 19 heavy (non-hydrogen) atoms. The Morgan fingerprint density at radius 1 is 1.21 bits per heavy atom. The molecule has 0 spiro atoms. The maximum atomic E-state index is 5.99. The van der Waals surface area contributed by atoms with E-state index in [4.69, 9.17) is 10.5 Å². The molecule has 2 heterocycles. The summed E-state index contributed by atoms with van der Waals surface area (Å²) < 4.78 is 5.39. The molecule has 1 aromatic heterocycles. The van der Waals surface area contributed by atoms with Crippen molar-refractivity contribution < 1.29 is 4.74 Å². The standard InChI is InChI=1S/C15H17N3O/c1-10-2-4-11(5-3-10)8-14-17-13-6-7-19-9-12(13)15(16)18-14/h2-5H,6-9H2,1H3,(H2,16,17,18). The quantitative estimate of drug-likeness (QED) is 0.892. The number of aryl methyl sites for hydroxylation is 1. The molecule has 2 aromatic rings. The second-order valence-corrected chi connectivity index (χ2v) is 4.92. The predicted molar refractivity (Wildman–Crippen MR) is 73.8 cm³/mol. The number of fused-ring (bicyclic) bond motifs is 1. The number of aromatic nitrogens is 2. The molecule has 0 saturated heterocycles. The number of hydrogen-bond donors (Lipinski definition) is 1. The van der Waals surface area contributed by atoms with E-state index in [0.29, 0.717) is 19.0 Å². The largest absolute Gasteiger partial charge is 0.383 e. The summed E-state index contributed by atoms with van der Waals surface area (Å²) in [5, 5.41) is 0. The van der Waals surface area contributed by atoms with Gasteiger partial charge in [-0.3, -0.25) is 0 Å². The highest BCUT2D eigenvalue weighted by Crippen LogP contribution is 2.20. The first-order valence-corrected chi connectivity index (χ1v) is 6.50. The lowest BCUT2D eigenvalue weighted by atomic mass is 10.1. The van der Waals surface area contributed by atoms with E-state index in [0.717, 1.165) is 29.9 Å². The Kier molecular flexibility index (Phi) is 3.17. The molecular weight excluding hydrogens is 238 g/mol. The molecule has 0 saturated carbocycles. The van der Waals surface area contributed by atoms with E-state index >= 15 is 0 Å². The SMILES string of the molecule is Cc1ccc(Cc2nc(N)c3c(n2)CCOC3)cc1. The van der Waals surface area contributed by atoms with Crippen LogP contribution in [0.25, 0.3) is 0 Å². The summed E-state index contributed by atoms with van der Waals surface area (Å²) in [5.41, 5.74) is 10.5. The van der Waals surface area contributed by atoms with Crippen LogP contribution in [0.5, 0.6) is 0 Å². The van der Waals surface area contributed by atoms with Crippen molar-refractivity contribution in [2.45, 2.75) is 26.4 Å². The molecule has 0 aliphatic carbocycles. The van der Waals surface area contributed by atoms with Gasteiger partial charge < -0.3 is 10.5 Å². The summed E-state index contributed by atoms with van der Waals surface area (Å²) in [4.78, 5) is 9.01. The van der Waals surface area contributed by atoms with Crippen molar-refractivity contribution >= 4 is 5.82 Å². The summed E-state index contributed by atoms with van der Waals surface area (Å²) in [6.07, 6.45) is 1.54. The highest BCUT2D eigenvalue weighted by atomic mass is 16.5. The smallest absolute Gasteiger partial charge is 0.135 e. The Morgan fingerprint density at radius 2 is 2.00 bits per heavy atom. The number of anilines is 1. The summed E-state index contributed by atoms with van der Waals surface area (Å²) in [5.74, 6) is 1.36. The Balaban J connectivity index is 1.89. The molecule has 0 atom stereocenters. The second-order valence-electron chi connectivity index (χ2n) is 4.92. The lowest BCUT2D eigenvalue weighted by molar-refractivity contribution is 0.109. The molecule has 4 nitrogen and oxygen atoms in total. The number of nitrogen functional groups attached to an aromatic ring is 1.